The fourth-order valence-corrected chi connectivity index (χ4v) is 4.85. The van der Waals surface area contributed by atoms with E-state index in [4.69, 9.17) is 0 Å². The molecule has 124 valence electrons. The normalized spacial score (nSPS) is 11.5. The Morgan fingerprint density at radius 3 is 1.69 bits per heavy atom. The molecule has 0 unspecified atom stereocenters. The van der Waals surface area contributed by atoms with Crippen LogP contribution in [0.15, 0.2) is 93.9 Å². The second-order valence-electron chi connectivity index (χ2n) is 6.48. The van der Waals surface area contributed by atoms with Crippen LogP contribution in [0.3, 0.4) is 0 Å². The van der Waals surface area contributed by atoms with Gasteiger partial charge in [-0.2, -0.15) is 0 Å². The summed E-state index contributed by atoms with van der Waals surface area (Å²) in [5.41, 5.74) is 2.47. The van der Waals surface area contributed by atoms with Gasteiger partial charge < -0.3 is 0 Å². The topological polar surface area (TPSA) is 0 Å². The summed E-state index contributed by atoms with van der Waals surface area (Å²) < 4.78 is 2.27. The standard InChI is InChI=1S/C24H14Br2/c25-23-13-21-18-11-10-16(15-6-2-1-3-7-15)12-22(18)24(26)14-20(21)17-8-4-5-9-19(17)23/h1-14H. The molecule has 0 heterocycles. The van der Waals surface area contributed by atoms with Gasteiger partial charge in [0.25, 0.3) is 0 Å². The van der Waals surface area contributed by atoms with Gasteiger partial charge in [0.1, 0.15) is 0 Å². The average Bonchev–Trinajstić information content (AvgIpc) is 2.70. The number of hydrogen-bond donors (Lipinski definition) is 0. The summed E-state index contributed by atoms with van der Waals surface area (Å²) in [6.07, 6.45) is 0. The maximum atomic E-state index is 3.82. The molecule has 5 aromatic rings. The third-order valence-corrected chi connectivity index (χ3v) is 6.29. The molecule has 0 saturated carbocycles. The molecule has 0 aromatic heterocycles. The van der Waals surface area contributed by atoms with Gasteiger partial charge in [-0.15, -0.1) is 0 Å². The Balaban J connectivity index is 1.89. The molecule has 0 spiro atoms. The quantitative estimate of drug-likeness (QED) is 0.220. The molecule has 0 aliphatic carbocycles. The van der Waals surface area contributed by atoms with Crippen molar-refractivity contribution in [2.24, 2.45) is 0 Å². The van der Waals surface area contributed by atoms with Crippen molar-refractivity contribution in [3.8, 4) is 11.1 Å². The molecule has 0 bridgehead atoms. The highest BCUT2D eigenvalue weighted by molar-refractivity contribution is 9.11. The zero-order valence-corrected chi connectivity index (χ0v) is 17.0. The Hall–Kier alpha value is -2.16. The summed E-state index contributed by atoms with van der Waals surface area (Å²) in [5.74, 6) is 0. The molecule has 0 amide bonds. The summed E-state index contributed by atoms with van der Waals surface area (Å²) in [6.45, 7) is 0. The van der Waals surface area contributed by atoms with Crippen molar-refractivity contribution in [2.75, 3.05) is 0 Å². The van der Waals surface area contributed by atoms with Gasteiger partial charge in [0.05, 0.1) is 0 Å². The smallest absolute Gasteiger partial charge is 0.0260 e. The highest BCUT2D eigenvalue weighted by Crippen LogP contribution is 2.40. The summed E-state index contributed by atoms with van der Waals surface area (Å²) >= 11 is 7.58. The molecule has 0 fully saturated rings. The van der Waals surface area contributed by atoms with Gasteiger partial charge in [0, 0.05) is 8.95 Å². The molecular weight excluding hydrogens is 448 g/mol. The highest BCUT2D eigenvalue weighted by Gasteiger charge is 2.11. The van der Waals surface area contributed by atoms with E-state index in [1.807, 2.05) is 0 Å². The SMILES string of the molecule is Brc1cc2c3ccc(-c4ccccc4)cc3c(Br)cc2c2ccccc12. The van der Waals surface area contributed by atoms with Crippen molar-refractivity contribution in [3.05, 3.63) is 93.9 Å². The molecule has 0 aliphatic heterocycles. The first-order chi connectivity index (χ1) is 12.7. The molecule has 0 N–H and O–H groups in total. The number of rotatable bonds is 1. The van der Waals surface area contributed by atoms with Crippen molar-refractivity contribution in [3.63, 3.8) is 0 Å². The Labute approximate surface area is 168 Å². The van der Waals surface area contributed by atoms with Crippen LogP contribution in [0.2, 0.25) is 0 Å². The molecule has 0 aliphatic rings. The fourth-order valence-electron chi connectivity index (χ4n) is 3.72. The van der Waals surface area contributed by atoms with E-state index in [1.165, 1.54) is 43.4 Å². The zero-order chi connectivity index (χ0) is 17.7. The molecule has 0 atom stereocenters. The van der Waals surface area contributed by atoms with Crippen LogP contribution in [0.25, 0.3) is 43.4 Å². The maximum absolute atomic E-state index is 3.82. The predicted octanol–water partition coefficient (Wildman–Crippen LogP) is 8.34. The van der Waals surface area contributed by atoms with E-state index in [9.17, 15) is 0 Å². The lowest BCUT2D eigenvalue weighted by Gasteiger charge is -2.12. The van der Waals surface area contributed by atoms with Gasteiger partial charge >= 0.3 is 0 Å². The third kappa shape index (κ3) is 2.48. The van der Waals surface area contributed by atoms with E-state index in [0.717, 1.165) is 8.95 Å². The largest absolute Gasteiger partial charge is 0.0622 e. The maximum Gasteiger partial charge on any atom is 0.0260 e. The van der Waals surface area contributed by atoms with Gasteiger partial charge in [0.2, 0.25) is 0 Å². The Bertz CT molecular complexity index is 1290. The Kier molecular flexibility index (Phi) is 3.84. The highest BCUT2D eigenvalue weighted by atomic mass is 79.9. The molecular formula is C24H14Br2. The second kappa shape index (κ2) is 6.22. The zero-order valence-electron chi connectivity index (χ0n) is 13.8. The van der Waals surface area contributed by atoms with E-state index >= 15 is 0 Å². The first-order valence-electron chi connectivity index (χ1n) is 8.51. The molecule has 26 heavy (non-hydrogen) atoms. The number of halogens is 2. The van der Waals surface area contributed by atoms with Crippen LogP contribution in [-0.4, -0.2) is 0 Å². The minimum atomic E-state index is 1.13. The van der Waals surface area contributed by atoms with Crippen LogP contribution >= 0.6 is 31.9 Å². The lowest BCUT2D eigenvalue weighted by atomic mass is 9.95. The lowest BCUT2D eigenvalue weighted by molar-refractivity contribution is 1.64. The van der Waals surface area contributed by atoms with Gasteiger partial charge in [-0.1, -0.05) is 98.6 Å². The van der Waals surface area contributed by atoms with Crippen molar-refractivity contribution in [2.45, 2.75) is 0 Å². The van der Waals surface area contributed by atoms with Crippen LogP contribution in [0.5, 0.6) is 0 Å². The first kappa shape index (κ1) is 16.0. The predicted molar refractivity (Wildman–Crippen MR) is 120 cm³/mol. The average molecular weight is 462 g/mol. The van der Waals surface area contributed by atoms with E-state index in [1.54, 1.807) is 0 Å². The van der Waals surface area contributed by atoms with Gasteiger partial charge in [0.15, 0.2) is 0 Å². The van der Waals surface area contributed by atoms with E-state index in [0.29, 0.717) is 0 Å². The molecule has 5 rings (SSSR count). The van der Waals surface area contributed by atoms with E-state index in [-0.39, 0.29) is 0 Å². The lowest BCUT2D eigenvalue weighted by Crippen LogP contribution is -1.85. The summed E-state index contributed by atoms with van der Waals surface area (Å²) in [5, 5.41) is 7.56. The Morgan fingerprint density at radius 2 is 0.962 bits per heavy atom. The van der Waals surface area contributed by atoms with Crippen LogP contribution in [0, 0.1) is 0 Å². The van der Waals surface area contributed by atoms with Crippen molar-refractivity contribution >= 4 is 64.2 Å². The minimum absolute atomic E-state index is 1.13. The summed E-state index contributed by atoms with van der Waals surface area (Å²) in [6, 6.07) is 30.3. The van der Waals surface area contributed by atoms with Crippen molar-refractivity contribution in [1.29, 1.82) is 0 Å². The van der Waals surface area contributed by atoms with Gasteiger partial charge in [-0.25, -0.2) is 0 Å². The number of benzene rings is 5. The Morgan fingerprint density at radius 1 is 0.385 bits per heavy atom. The molecule has 0 saturated heterocycles. The molecule has 5 aromatic carbocycles. The molecule has 0 radical (unpaired) electrons. The summed E-state index contributed by atoms with van der Waals surface area (Å²) in [4.78, 5) is 0. The van der Waals surface area contributed by atoms with E-state index < -0.39 is 0 Å². The van der Waals surface area contributed by atoms with E-state index in [2.05, 4.69) is 117 Å². The summed E-state index contributed by atoms with van der Waals surface area (Å²) in [7, 11) is 0. The van der Waals surface area contributed by atoms with Crippen LogP contribution < -0.4 is 0 Å². The third-order valence-electron chi connectivity index (χ3n) is 4.98. The monoisotopic (exact) mass is 460 g/mol. The van der Waals surface area contributed by atoms with Crippen molar-refractivity contribution in [1.82, 2.24) is 0 Å². The number of hydrogen-bond acceptors (Lipinski definition) is 0. The second-order valence-corrected chi connectivity index (χ2v) is 8.19. The van der Waals surface area contributed by atoms with Gasteiger partial charge in [-0.3, -0.25) is 0 Å². The van der Waals surface area contributed by atoms with Crippen molar-refractivity contribution < 1.29 is 0 Å². The fraction of sp³-hybridized carbons (Fsp3) is 0. The van der Waals surface area contributed by atoms with Crippen LogP contribution in [-0.2, 0) is 0 Å². The van der Waals surface area contributed by atoms with Crippen LogP contribution in [0.1, 0.15) is 0 Å². The minimum Gasteiger partial charge on any atom is -0.0622 e. The number of fused-ring (bicyclic) bond motifs is 5. The molecule has 2 heteroatoms. The van der Waals surface area contributed by atoms with Gasteiger partial charge in [-0.05, 0) is 61.6 Å². The first-order valence-corrected chi connectivity index (χ1v) is 10.1. The van der Waals surface area contributed by atoms with Crippen LogP contribution in [0.4, 0.5) is 0 Å². The molecule has 0 nitrogen and oxygen atoms in total.